The number of amides is 1. The van der Waals surface area contributed by atoms with Gasteiger partial charge in [-0.1, -0.05) is 11.6 Å². The Morgan fingerprint density at radius 2 is 1.81 bits per heavy atom. The van der Waals surface area contributed by atoms with Crippen LogP contribution in [0.25, 0.3) is 11.0 Å². The molecule has 3 aromatic heterocycles. The minimum Gasteiger partial charge on any atom is -0.372 e. The van der Waals surface area contributed by atoms with Crippen LogP contribution in [0.4, 0.5) is 36.6 Å². The van der Waals surface area contributed by atoms with Crippen LogP contribution in [0.1, 0.15) is 58.2 Å². The van der Waals surface area contributed by atoms with Crippen molar-refractivity contribution < 1.29 is 48.7 Å². The fourth-order valence-electron chi connectivity index (χ4n) is 8.93. The van der Waals surface area contributed by atoms with E-state index in [4.69, 9.17) is 26.3 Å². The van der Waals surface area contributed by atoms with Crippen LogP contribution in [0.2, 0.25) is 0 Å². The summed E-state index contributed by atoms with van der Waals surface area (Å²) in [6.45, 7) is 3.48. The third-order valence-corrected chi connectivity index (χ3v) is 18.0. The van der Waals surface area contributed by atoms with Gasteiger partial charge in [0.15, 0.2) is 5.84 Å². The van der Waals surface area contributed by atoms with Crippen molar-refractivity contribution in [3.05, 3.63) is 103 Å². The average molecular weight is 1050 g/mol. The van der Waals surface area contributed by atoms with E-state index in [9.17, 15) is 35.2 Å². The van der Waals surface area contributed by atoms with Crippen LogP contribution in [0.5, 0.6) is 0 Å². The first-order chi connectivity index (χ1) is 30.0. The van der Waals surface area contributed by atoms with Crippen LogP contribution in [0.15, 0.2) is 62.3 Å². The first-order valence-electron chi connectivity index (χ1n) is 19.6. The first kappa shape index (κ1) is 44.5. The molecule has 0 spiro atoms. The number of rotatable bonds is 9. The Labute approximate surface area is 371 Å². The molecule has 3 fully saturated rings. The number of amidine groups is 1. The van der Waals surface area contributed by atoms with Gasteiger partial charge in [0.2, 0.25) is 0 Å². The molecule has 2 N–H and O–H groups in total. The molecule has 3 unspecified atom stereocenters. The zero-order valence-corrected chi connectivity index (χ0v) is 37.7. The number of carbonyl (C=O) groups excluding carboxylic acids is 1. The van der Waals surface area contributed by atoms with Gasteiger partial charge in [-0.3, -0.25) is 0 Å². The average Bonchev–Trinajstić information content (AvgIpc) is 3.71. The second kappa shape index (κ2) is 15.8. The number of ether oxygens (including phenoxy) is 1. The maximum atomic E-state index is 15.6. The van der Waals surface area contributed by atoms with E-state index in [1.807, 2.05) is 18.7 Å². The molecule has 7 heterocycles. The molecule has 64 heavy (non-hydrogen) atoms. The molecule has 0 saturated carbocycles. The number of nitrogens with one attached hydrogen (secondary N) is 2. The summed E-state index contributed by atoms with van der Waals surface area (Å²) in [5.41, 5.74) is -0.969. The molecule has 3 saturated heterocycles. The molecule has 6 atom stereocenters. The number of hydrogen-bond acceptors (Lipinski definition) is 10. The molecule has 25 heteroatoms. The van der Waals surface area contributed by atoms with Crippen molar-refractivity contribution in [1.82, 2.24) is 40.1 Å². The molecule has 15 nitrogen and oxygen atoms in total. The van der Waals surface area contributed by atoms with E-state index >= 15 is 13.6 Å². The minimum atomic E-state index is -5.09. The summed E-state index contributed by atoms with van der Waals surface area (Å²) in [5, 5.41) is 7.58. The molecule has 9 rings (SSSR count). The third-order valence-electron chi connectivity index (χ3n) is 11.3. The van der Waals surface area contributed by atoms with Gasteiger partial charge >= 0.3 is 255 Å². The fourth-order valence-corrected chi connectivity index (χ4v) is 15.9. The Kier molecular flexibility index (Phi) is 11.0. The van der Waals surface area contributed by atoms with Crippen LogP contribution in [0, 0.1) is 11.6 Å². The monoisotopic (exact) mass is 1050 g/mol. The summed E-state index contributed by atoms with van der Waals surface area (Å²) < 4.78 is 135. The van der Waals surface area contributed by atoms with Crippen LogP contribution >= 0.6 is 31.4 Å². The number of carbonyl (C=O) groups is 1. The number of benzene rings is 1. The number of fused-ring (bicyclic) bond motifs is 5. The predicted octanol–water partition coefficient (Wildman–Crippen LogP) is 5.40. The van der Waals surface area contributed by atoms with E-state index in [0.29, 0.717) is 29.7 Å². The number of aromatic nitrogens is 5. The van der Waals surface area contributed by atoms with Crippen molar-refractivity contribution in [1.29, 1.82) is 0 Å². The molecule has 0 bridgehead atoms. The summed E-state index contributed by atoms with van der Waals surface area (Å²) in [7, 11) is -2.48. The van der Waals surface area contributed by atoms with Gasteiger partial charge in [0.05, 0.1) is 18.5 Å². The number of morpholine rings is 1. The van der Waals surface area contributed by atoms with E-state index in [2.05, 4.69) is 20.2 Å². The van der Waals surface area contributed by atoms with E-state index in [1.54, 1.807) is 6.07 Å². The molecular formula is C39H37ClF7IN10O5S. The Morgan fingerprint density at radius 1 is 1.12 bits per heavy atom. The van der Waals surface area contributed by atoms with Crippen LogP contribution < -0.4 is 21.2 Å². The molecule has 342 valence electrons. The number of anilines is 1. The number of halogens is 9. The molecule has 4 aromatic rings. The molecule has 1 aromatic carbocycles. The summed E-state index contributed by atoms with van der Waals surface area (Å²) in [4.78, 5) is 40.7. The first-order valence-corrected chi connectivity index (χ1v) is 25.7. The normalized spacial score (nSPS) is 25.7. The second-order valence-corrected chi connectivity index (χ2v) is 24.2. The summed E-state index contributed by atoms with van der Waals surface area (Å²) >= 11 is 3.47. The van der Waals surface area contributed by atoms with Crippen molar-refractivity contribution in [2.75, 3.05) is 35.7 Å². The summed E-state index contributed by atoms with van der Waals surface area (Å²) in [5.74, 6) is -3.18. The number of nitrogens with zero attached hydrogens (tertiary/aromatic N) is 8. The van der Waals surface area contributed by atoms with Gasteiger partial charge in [0, 0.05) is 25.2 Å². The number of sulfonamides is 1. The van der Waals surface area contributed by atoms with Crippen molar-refractivity contribution >= 4 is 70.0 Å². The van der Waals surface area contributed by atoms with E-state index in [0.717, 1.165) is 23.0 Å². The van der Waals surface area contributed by atoms with Gasteiger partial charge in [-0.15, -0.1) is 4.40 Å². The van der Waals surface area contributed by atoms with E-state index < -0.39 is 115 Å². The molecule has 4 aliphatic heterocycles. The number of alkyl halides is 8. The van der Waals surface area contributed by atoms with Crippen LogP contribution in [-0.4, -0.2) is 98.6 Å². The number of allylic oxidation sites excluding steroid dienone is 2. The van der Waals surface area contributed by atoms with Crippen molar-refractivity contribution in [2.24, 2.45) is 4.40 Å². The molecule has 1 aliphatic carbocycles. The SMILES string of the molecule is C[C@@H]1CN(c2ccc3c(=O)n(C4C=CC(Cl)=C5C(=NS(C)(=O)=O)NN(C)C54)c([C@H](Cc4cc(F)cc(F)c4)NC(=O)Cn4nc(C(F)(F)F)c5c4C(F)(F)I4CC54)nc3n2)C[C@H](C)O1. The maximum absolute atomic E-state index is 15.6. The second-order valence-electron chi connectivity index (χ2n) is 16.2. The van der Waals surface area contributed by atoms with E-state index in [1.165, 1.54) is 30.3 Å². The summed E-state index contributed by atoms with van der Waals surface area (Å²) in [6.07, 6.45) is -2.20. The third kappa shape index (κ3) is 8.05. The topological polar surface area (TPSA) is 169 Å². The number of hydrogen-bond donors (Lipinski definition) is 2. The Balaban J connectivity index is 1.21. The van der Waals surface area contributed by atoms with E-state index in [-0.39, 0.29) is 55.5 Å². The van der Waals surface area contributed by atoms with Crippen LogP contribution in [-0.2, 0) is 42.6 Å². The van der Waals surface area contributed by atoms with Crippen molar-refractivity contribution in [2.45, 2.75) is 71.2 Å². The number of pyridine rings is 1. The Bertz CT molecular complexity index is 2880. The van der Waals surface area contributed by atoms with Gasteiger partial charge in [-0.25, -0.2) is 8.42 Å². The zero-order chi connectivity index (χ0) is 45.9. The van der Waals surface area contributed by atoms with Crippen molar-refractivity contribution in [3.63, 3.8) is 0 Å². The zero-order valence-electron chi connectivity index (χ0n) is 34.0. The molecular weight excluding hydrogens is 1020 g/mol. The smallest absolute Gasteiger partial charge is 0.0726 e. The molecule has 1 amide bonds. The van der Waals surface area contributed by atoms with Crippen molar-refractivity contribution in [3.8, 4) is 0 Å². The fraction of sp³-hybridized carbons (Fsp3) is 0.436. The Hall–Kier alpha value is -4.66. The predicted molar refractivity (Wildman–Crippen MR) is 228 cm³/mol. The Morgan fingerprint density at radius 3 is 2.47 bits per heavy atom. The van der Waals surface area contributed by atoms with Gasteiger partial charge in [0.25, 0.3) is 10.0 Å². The number of hydrazine groups is 1. The van der Waals surface area contributed by atoms with Crippen LogP contribution in [0.3, 0.4) is 0 Å². The molecule has 0 radical (unpaired) electrons. The largest absolute Gasteiger partial charge is 0.372 e. The standard InChI is InChI=1S/C39H37ClF7IN10O5S/c1-17-14-56(15-18(2)63-17)27-8-5-22-34(50-27)51-36(58(37(22)60)26-7-6-23(40)29-31(26)55(3)53-35(29)54-64(4,61)62)25(11-19-9-20(41)12-21(42)10-19)49-28(59)16-57-33-30(32(52-57)38(43,44)45)24-13-48(24)39(33,46)47/h5-10,12,17-18,24-26,31H,11,13-16H2,1-4H3,(H,49,59)(H,53,54)/t17-,18+,24?,25-,26?,31?/m0/s1. The summed E-state index contributed by atoms with van der Waals surface area (Å²) in [6, 6.07) is 1.93. The molecule has 5 aliphatic rings. The maximum Gasteiger partial charge on any atom is 0.0726 e. The van der Waals surface area contributed by atoms with Gasteiger partial charge in [-0.2, -0.15) is 0 Å². The quantitative estimate of drug-likeness (QED) is 0.125. The van der Waals surface area contributed by atoms with Gasteiger partial charge < -0.3 is 15.1 Å². The minimum absolute atomic E-state index is 0.0183. The van der Waals surface area contributed by atoms with Gasteiger partial charge in [-0.05, 0) is 19.9 Å². The van der Waals surface area contributed by atoms with Gasteiger partial charge in [0.1, 0.15) is 0 Å². The number of likely N-dealkylation sites (N-methyl/N-ethyl adjacent to an activating group) is 1.